The van der Waals surface area contributed by atoms with E-state index < -0.39 is 0 Å². The van der Waals surface area contributed by atoms with Gasteiger partial charge >= 0.3 is 0 Å². The number of amides is 2. The second-order valence-corrected chi connectivity index (χ2v) is 11.8. The number of anilines is 2. The van der Waals surface area contributed by atoms with Gasteiger partial charge in [0.2, 0.25) is 5.91 Å². The number of pyridine rings is 2. The number of H-pyrrole nitrogens is 1. The summed E-state index contributed by atoms with van der Waals surface area (Å²) >= 11 is 0. The highest BCUT2D eigenvalue weighted by Gasteiger charge is 2.27. The maximum absolute atomic E-state index is 12.8. The van der Waals surface area contributed by atoms with E-state index in [0.29, 0.717) is 59.4 Å². The number of nitrogens with zero attached hydrogens (tertiary/aromatic N) is 5. The predicted molar refractivity (Wildman–Crippen MR) is 170 cm³/mol. The van der Waals surface area contributed by atoms with Gasteiger partial charge in [-0.2, -0.15) is 5.10 Å². The van der Waals surface area contributed by atoms with Crippen LogP contribution in [0.3, 0.4) is 0 Å². The summed E-state index contributed by atoms with van der Waals surface area (Å²) < 4.78 is 6.23. The minimum atomic E-state index is -0.247. The summed E-state index contributed by atoms with van der Waals surface area (Å²) in [7, 11) is 2.10. The first-order valence-electron chi connectivity index (χ1n) is 15.1. The zero-order valence-electron chi connectivity index (χ0n) is 25.3. The molecule has 44 heavy (non-hydrogen) atoms. The SMILES string of the molecule is CC(C)c1ccnc(NC(=O)c2ccc(Oc3ccnc4[nH]nc(N[C@@H]5CCN(C(=O)/C=C/CN(C)C6CC6)C5)c34)cc2)c1. The lowest BCUT2D eigenvalue weighted by molar-refractivity contribution is -0.125. The van der Waals surface area contributed by atoms with Crippen LogP contribution in [0.2, 0.25) is 0 Å². The highest BCUT2D eigenvalue weighted by Crippen LogP contribution is 2.34. The van der Waals surface area contributed by atoms with E-state index in [1.807, 2.05) is 23.1 Å². The molecule has 11 nitrogen and oxygen atoms in total. The molecule has 1 aromatic carbocycles. The summed E-state index contributed by atoms with van der Waals surface area (Å²) in [4.78, 5) is 38.4. The number of aromatic amines is 1. The summed E-state index contributed by atoms with van der Waals surface area (Å²) in [6.45, 7) is 6.26. The fraction of sp³-hybridized carbons (Fsp3) is 0.364. The third kappa shape index (κ3) is 6.89. The summed E-state index contributed by atoms with van der Waals surface area (Å²) in [5.74, 6) is 2.41. The average Bonchev–Trinajstić information content (AvgIpc) is 3.64. The molecular weight excluding hydrogens is 556 g/mol. The molecule has 2 aliphatic rings. The number of carbonyl (C=O) groups is 2. The lowest BCUT2D eigenvalue weighted by Gasteiger charge is -2.16. The fourth-order valence-corrected chi connectivity index (χ4v) is 5.34. The summed E-state index contributed by atoms with van der Waals surface area (Å²) in [6, 6.07) is 13.3. The van der Waals surface area contributed by atoms with Crippen LogP contribution in [-0.4, -0.2) is 80.5 Å². The Morgan fingerprint density at radius 3 is 2.68 bits per heavy atom. The molecule has 11 heteroatoms. The van der Waals surface area contributed by atoms with Crippen molar-refractivity contribution >= 4 is 34.5 Å². The van der Waals surface area contributed by atoms with Gasteiger partial charge in [0.15, 0.2) is 11.5 Å². The Bertz CT molecular complexity index is 1660. The van der Waals surface area contributed by atoms with Gasteiger partial charge in [0.1, 0.15) is 22.7 Å². The Balaban J connectivity index is 1.08. The lowest BCUT2D eigenvalue weighted by Crippen LogP contribution is -2.30. The molecule has 4 aromatic rings. The van der Waals surface area contributed by atoms with Crippen LogP contribution in [0.5, 0.6) is 11.5 Å². The first kappa shape index (κ1) is 29.3. The molecule has 3 N–H and O–H groups in total. The van der Waals surface area contributed by atoms with E-state index in [-0.39, 0.29) is 17.9 Å². The largest absolute Gasteiger partial charge is 0.456 e. The van der Waals surface area contributed by atoms with E-state index in [9.17, 15) is 9.59 Å². The quantitative estimate of drug-likeness (QED) is 0.203. The topological polar surface area (TPSA) is 128 Å². The molecule has 6 rings (SSSR count). The molecule has 3 aromatic heterocycles. The van der Waals surface area contributed by atoms with Gasteiger partial charge in [0.25, 0.3) is 5.91 Å². The van der Waals surface area contributed by atoms with E-state index in [4.69, 9.17) is 4.74 Å². The Morgan fingerprint density at radius 2 is 1.91 bits per heavy atom. The molecule has 2 amide bonds. The number of fused-ring (bicyclic) bond motifs is 1. The van der Waals surface area contributed by atoms with Gasteiger partial charge in [0, 0.05) is 61.8 Å². The first-order chi connectivity index (χ1) is 21.3. The first-order valence-corrected chi connectivity index (χ1v) is 15.1. The van der Waals surface area contributed by atoms with Gasteiger partial charge in [-0.3, -0.25) is 19.6 Å². The van der Waals surface area contributed by atoms with Crippen molar-refractivity contribution in [1.29, 1.82) is 0 Å². The molecule has 0 unspecified atom stereocenters. The summed E-state index contributed by atoms with van der Waals surface area (Å²) in [5.41, 5.74) is 2.19. The second kappa shape index (κ2) is 12.8. The maximum Gasteiger partial charge on any atom is 0.256 e. The van der Waals surface area contributed by atoms with Gasteiger partial charge in [0.05, 0.1) is 0 Å². The minimum Gasteiger partial charge on any atom is -0.456 e. The normalized spacial score (nSPS) is 16.8. The number of nitrogens with one attached hydrogen (secondary N) is 3. The molecule has 4 heterocycles. The van der Waals surface area contributed by atoms with Crippen LogP contribution in [0.4, 0.5) is 11.6 Å². The molecule has 228 valence electrons. The van der Waals surface area contributed by atoms with E-state index in [1.165, 1.54) is 12.8 Å². The van der Waals surface area contributed by atoms with Gasteiger partial charge in [-0.1, -0.05) is 19.9 Å². The molecule has 1 saturated heterocycles. The molecule has 0 spiro atoms. The number of hydrogen-bond acceptors (Lipinski definition) is 8. The van der Waals surface area contributed by atoms with Crippen LogP contribution in [0.25, 0.3) is 11.0 Å². The number of aromatic nitrogens is 4. The van der Waals surface area contributed by atoms with Gasteiger partial charge in [-0.05, 0) is 74.2 Å². The zero-order chi connectivity index (χ0) is 30.6. The maximum atomic E-state index is 12.8. The van der Waals surface area contributed by atoms with Gasteiger partial charge in [-0.25, -0.2) is 9.97 Å². The van der Waals surface area contributed by atoms with Crippen molar-refractivity contribution in [3.8, 4) is 11.5 Å². The van der Waals surface area contributed by atoms with Crippen molar-refractivity contribution < 1.29 is 14.3 Å². The summed E-state index contributed by atoms with van der Waals surface area (Å²) in [6.07, 6.45) is 10.3. The average molecular weight is 595 g/mol. The van der Waals surface area contributed by atoms with Gasteiger partial charge in [-0.15, -0.1) is 0 Å². The zero-order valence-corrected chi connectivity index (χ0v) is 25.3. The Hall–Kier alpha value is -4.77. The molecule has 0 radical (unpaired) electrons. The molecule has 1 aliphatic carbocycles. The van der Waals surface area contributed by atoms with Crippen molar-refractivity contribution in [3.63, 3.8) is 0 Å². The smallest absolute Gasteiger partial charge is 0.256 e. The number of ether oxygens (including phenoxy) is 1. The molecule has 2 fully saturated rings. The number of likely N-dealkylation sites (tertiary alicyclic amines) is 1. The van der Waals surface area contributed by atoms with E-state index >= 15 is 0 Å². The molecule has 1 atom stereocenters. The van der Waals surface area contributed by atoms with Crippen LogP contribution in [0, 0.1) is 0 Å². The van der Waals surface area contributed by atoms with E-state index in [1.54, 1.807) is 48.8 Å². The van der Waals surface area contributed by atoms with Crippen LogP contribution in [0.15, 0.2) is 67.0 Å². The minimum absolute atomic E-state index is 0.0357. The molecule has 1 aliphatic heterocycles. The van der Waals surface area contributed by atoms with Crippen LogP contribution >= 0.6 is 0 Å². The molecular formula is C33H38N8O3. The van der Waals surface area contributed by atoms with Crippen molar-refractivity contribution in [3.05, 3.63) is 78.1 Å². The van der Waals surface area contributed by atoms with Gasteiger partial charge < -0.3 is 20.3 Å². The summed E-state index contributed by atoms with van der Waals surface area (Å²) in [5, 5.41) is 14.5. The number of hydrogen-bond donors (Lipinski definition) is 3. The predicted octanol–water partition coefficient (Wildman–Crippen LogP) is 5.18. The molecule has 1 saturated carbocycles. The number of rotatable bonds is 11. The third-order valence-electron chi connectivity index (χ3n) is 8.12. The highest BCUT2D eigenvalue weighted by molar-refractivity contribution is 6.03. The lowest BCUT2D eigenvalue weighted by atomic mass is 10.1. The monoisotopic (exact) mass is 594 g/mol. The Morgan fingerprint density at radius 1 is 1.11 bits per heavy atom. The van der Waals surface area contributed by atoms with Crippen molar-refractivity contribution in [2.24, 2.45) is 0 Å². The number of carbonyl (C=O) groups excluding carboxylic acids is 2. The van der Waals surface area contributed by atoms with E-state index in [2.05, 4.69) is 56.6 Å². The van der Waals surface area contributed by atoms with Crippen molar-refractivity contribution in [1.82, 2.24) is 30.0 Å². The second-order valence-electron chi connectivity index (χ2n) is 11.8. The Kier molecular flexibility index (Phi) is 8.56. The number of likely N-dealkylation sites (N-methyl/N-ethyl adjacent to an activating group) is 1. The van der Waals surface area contributed by atoms with E-state index in [0.717, 1.165) is 23.9 Å². The van der Waals surface area contributed by atoms with Crippen molar-refractivity contribution in [2.45, 2.75) is 51.1 Å². The van der Waals surface area contributed by atoms with Crippen LogP contribution < -0.4 is 15.4 Å². The third-order valence-corrected chi connectivity index (χ3v) is 8.12. The van der Waals surface area contributed by atoms with Crippen molar-refractivity contribution in [2.75, 3.05) is 37.3 Å². The fourth-order valence-electron chi connectivity index (χ4n) is 5.34. The molecule has 0 bridgehead atoms. The number of benzene rings is 1. The van der Waals surface area contributed by atoms with Crippen LogP contribution in [-0.2, 0) is 4.79 Å². The Labute approximate surface area is 256 Å². The van der Waals surface area contributed by atoms with Crippen LogP contribution in [0.1, 0.15) is 54.9 Å². The highest BCUT2D eigenvalue weighted by atomic mass is 16.5. The standard InChI is InChI=1S/C33H38N8O3/c1-21(2)23-12-15-34-28(19-23)37-33(43)22-6-10-26(11-7-22)44-27-13-16-35-31-30(27)32(39-38-31)36-24-14-18-41(20-24)29(42)5-4-17-40(3)25-8-9-25/h4-7,10-13,15-16,19,21,24-25H,8-9,14,17-18,20H2,1-3H3,(H,34,37,43)(H2,35,36,38,39)/b5-4+/t24-/m1/s1.